The summed E-state index contributed by atoms with van der Waals surface area (Å²) in [6.07, 6.45) is 1.69. The van der Waals surface area contributed by atoms with E-state index in [9.17, 15) is 4.79 Å². The number of hydrogen-bond donors (Lipinski definition) is 2. The van der Waals surface area contributed by atoms with E-state index in [4.69, 9.17) is 5.73 Å². The third-order valence-corrected chi connectivity index (χ3v) is 2.91. The van der Waals surface area contributed by atoms with Crippen LogP contribution in [0.3, 0.4) is 0 Å². The molecule has 2 aromatic heterocycles. The summed E-state index contributed by atoms with van der Waals surface area (Å²) < 4.78 is 0. The van der Waals surface area contributed by atoms with Crippen LogP contribution in [0.1, 0.15) is 10.5 Å². The Bertz CT molecular complexity index is 523. The summed E-state index contributed by atoms with van der Waals surface area (Å²) in [4.78, 5) is 19.2. The lowest BCUT2D eigenvalue weighted by molar-refractivity contribution is 0.0996. The van der Waals surface area contributed by atoms with Crippen molar-refractivity contribution in [2.75, 3.05) is 12.4 Å². The Labute approximate surface area is 96.3 Å². The molecule has 0 aliphatic carbocycles. The number of pyridine rings is 1. The van der Waals surface area contributed by atoms with Crippen LogP contribution < -0.4 is 11.1 Å². The van der Waals surface area contributed by atoms with E-state index in [1.807, 2.05) is 12.1 Å². The molecule has 0 aliphatic heterocycles. The van der Waals surface area contributed by atoms with E-state index >= 15 is 0 Å². The second kappa shape index (κ2) is 4.28. The smallest absolute Gasteiger partial charge is 0.268 e. The topological polar surface area (TPSA) is 80.9 Å². The van der Waals surface area contributed by atoms with Crippen LogP contribution in [0.2, 0.25) is 0 Å². The van der Waals surface area contributed by atoms with Crippen molar-refractivity contribution < 1.29 is 4.79 Å². The van der Waals surface area contributed by atoms with Crippen molar-refractivity contribution in [2.24, 2.45) is 5.73 Å². The molecule has 2 heterocycles. The predicted molar refractivity (Wildman–Crippen MR) is 63.4 cm³/mol. The molecule has 0 unspecified atom stereocenters. The Balaban J connectivity index is 2.38. The van der Waals surface area contributed by atoms with Crippen LogP contribution >= 0.6 is 11.3 Å². The van der Waals surface area contributed by atoms with Gasteiger partial charge in [-0.2, -0.15) is 0 Å². The van der Waals surface area contributed by atoms with E-state index < -0.39 is 5.91 Å². The summed E-state index contributed by atoms with van der Waals surface area (Å²) in [5.74, 6) is 0.249. The SMILES string of the molecule is CNc1cc(-c2nc(C(N)=O)cs2)ccn1. The lowest BCUT2D eigenvalue weighted by Crippen LogP contribution is -2.10. The maximum absolute atomic E-state index is 10.9. The monoisotopic (exact) mass is 234 g/mol. The molecule has 3 N–H and O–H groups in total. The third kappa shape index (κ3) is 2.01. The van der Waals surface area contributed by atoms with Crippen molar-refractivity contribution in [3.63, 3.8) is 0 Å². The predicted octanol–water partition coefficient (Wildman–Crippen LogP) is 1.35. The Morgan fingerprint density at radius 1 is 1.56 bits per heavy atom. The van der Waals surface area contributed by atoms with Crippen molar-refractivity contribution in [3.8, 4) is 10.6 Å². The molecule has 0 spiro atoms. The first-order valence-electron chi connectivity index (χ1n) is 4.60. The van der Waals surface area contributed by atoms with E-state index in [1.54, 1.807) is 18.6 Å². The van der Waals surface area contributed by atoms with E-state index in [0.29, 0.717) is 5.69 Å². The molecule has 0 atom stereocenters. The van der Waals surface area contributed by atoms with E-state index in [2.05, 4.69) is 15.3 Å². The summed E-state index contributed by atoms with van der Waals surface area (Å²) in [5, 5.41) is 5.35. The van der Waals surface area contributed by atoms with Gasteiger partial charge in [-0.3, -0.25) is 4.79 Å². The summed E-state index contributed by atoms with van der Waals surface area (Å²) in [7, 11) is 1.79. The highest BCUT2D eigenvalue weighted by Gasteiger charge is 2.08. The first-order valence-corrected chi connectivity index (χ1v) is 5.48. The number of nitrogens with one attached hydrogen (secondary N) is 1. The molecule has 2 aromatic rings. The van der Waals surface area contributed by atoms with Gasteiger partial charge in [-0.15, -0.1) is 11.3 Å². The van der Waals surface area contributed by atoms with Crippen LogP contribution in [0.4, 0.5) is 5.82 Å². The van der Waals surface area contributed by atoms with Crippen molar-refractivity contribution in [1.82, 2.24) is 9.97 Å². The Morgan fingerprint density at radius 3 is 3.00 bits per heavy atom. The molecular weight excluding hydrogens is 224 g/mol. The molecule has 0 aromatic carbocycles. The molecule has 0 bridgehead atoms. The standard InChI is InChI=1S/C10H10N4OS/c1-12-8-4-6(2-3-13-8)10-14-7(5-16-10)9(11)15/h2-5H,1H3,(H2,11,15)(H,12,13). The second-order valence-electron chi connectivity index (χ2n) is 3.08. The number of nitrogens with two attached hydrogens (primary N) is 1. The van der Waals surface area contributed by atoms with E-state index in [0.717, 1.165) is 16.4 Å². The molecule has 0 fully saturated rings. The van der Waals surface area contributed by atoms with Crippen LogP contribution in [-0.4, -0.2) is 22.9 Å². The Morgan fingerprint density at radius 2 is 2.38 bits per heavy atom. The Hall–Kier alpha value is -1.95. The molecule has 16 heavy (non-hydrogen) atoms. The van der Waals surface area contributed by atoms with E-state index in [1.165, 1.54) is 11.3 Å². The molecular formula is C10H10N4OS. The lowest BCUT2D eigenvalue weighted by atomic mass is 10.3. The number of nitrogens with zero attached hydrogens (tertiary/aromatic N) is 2. The van der Waals surface area contributed by atoms with Gasteiger partial charge in [0, 0.05) is 24.2 Å². The minimum Gasteiger partial charge on any atom is -0.373 e. The van der Waals surface area contributed by atoms with Gasteiger partial charge in [0.05, 0.1) is 0 Å². The lowest BCUT2D eigenvalue weighted by Gasteiger charge is -2.00. The number of carbonyl (C=O) groups excluding carboxylic acids is 1. The van der Waals surface area contributed by atoms with Gasteiger partial charge in [-0.05, 0) is 12.1 Å². The molecule has 5 nitrogen and oxygen atoms in total. The van der Waals surface area contributed by atoms with Gasteiger partial charge < -0.3 is 11.1 Å². The van der Waals surface area contributed by atoms with Gasteiger partial charge in [-0.25, -0.2) is 9.97 Å². The first kappa shape index (κ1) is 10.6. The molecule has 0 radical (unpaired) electrons. The summed E-state index contributed by atoms with van der Waals surface area (Å²) in [5.41, 5.74) is 6.35. The number of hydrogen-bond acceptors (Lipinski definition) is 5. The van der Waals surface area contributed by atoms with Crippen molar-refractivity contribution in [1.29, 1.82) is 0 Å². The number of amides is 1. The fraction of sp³-hybridized carbons (Fsp3) is 0.100. The fourth-order valence-corrected chi connectivity index (χ4v) is 2.03. The minimum atomic E-state index is -0.509. The van der Waals surface area contributed by atoms with Crippen LogP contribution in [0.25, 0.3) is 10.6 Å². The van der Waals surface area contributed by atoms with Crippen LogP contribution in [0, 0.1) is 0 Å². The summed E-state index contributed by atoms with van der Waals surface area (Å²) in [6, 6.07) is 3.70. The average molecular weight is 234 g/mol. The van der Waals surface area contributed by atoms with Crippen LogP contribution in [0.5, 0.6) is 0 Å². The number of primary amides is 1. The van der Waals surface area contributed by atoms with Gasteiger partial charge in [0.15, 0.2) is 0 Å². The van der Waals surface area contributed by atoms with Gasteiger partial charge in [-0.1, -0.05) is 0 Å². The zero-order chi connectivity index (χ0) is 11.5. The number of aromatic nitrogens is 2. The zero-order valence-electron chi connectivity index (χ0n) is 8.60. The molecule has 0 saturated carbocycles. The van der Waals surface area contributed by atoms with Crippen LogP contribution in [-0.2, 0) is 0 Å². The largest absolute Gasteiger partial charge is 0.373 e. The maximum Gasteiger partial charge on any atom is 0.268 e. The highest BCUT2D eigenvalue weighted by Crippen LogP contribution is 2.24. The van der Waals surface area contributed by atoms with Gasteiger partial charge in [0.2, 0.25) is 0 Å². The molecule has 82 valence electrons. The number of carbonyl (C=O) groups is 1. The van der Waals surface area contributed by atoms with Gasteiger partial charge in [0.1, 0.15) is 16.5 Å². The molecule has 0 aliphatic rings. The molecule has 0 saturated heterocycles. The quantitative estimate of drug-likeness (QED) is 0.839. The van der Waals surface area contributed by atoms with Gasteiger partial charge >= 0.3 is 0 Å². The maximum atomic E-state index is 10.9. The second-order valence-corrected chi connectivity index (χ2v) is 3.94. The number of anilines is 1. The van der Waals surface area contributed by atoms with Crippen LogP contribution in [0.15, 0.2) is 23.7 Å². The highest BCUT2D eigenvalue weighted by molar-refractivity contribution is 7.13. The normalized spacial score (nSPS) is 10.1. The molecule has 2 rings (SSSR count). The van der Waals surface area contributed by atoms with Crippen molar-refractivity contribution >= 4 is 23.1 Å². The fourth-order valence-electron chi connectivity index (χ4n) is 1.22. The highest BCUT2D eigenvalue weighted by atomic mass is 32.1. The van der Waals surface area contributed by atoms with Crippen molar-refractivity contribution in [3.05, 3.63) is 29.4 Å². The number of rotatable bonds is 3. The summed E-state index contributed by atoms with van der Waals surface area (Å²) in [6.45, 7) is 0. The molecule has 6 heteroatoms. The summed E-state index contributed by atoms with van der Waals surface area (Å²) >= 11 is 1.38. The molecule has 1 amide bonds. The van der Waals surface area contributed by atoms with Gasteiger partial charge in [0.25, 0.3) is 5.91 Å². The third-order valence-electron chi connectivity index (χ3n) is 2.02. The average Bonchev–Trinajstić information content (AvgIpc) is 2.78. The minimum absolute atomic E-state index is 0.294. The Kier molecular flexibility index (Phi) is 2.82. The first-order chi connectivity index (χ1) is 7.70. The number of thiazole rings is 1. The zero-order valence-corrected chi connectivity index (χ0v) is 9.41. The van der Waals surface area contributed by atoms with E-state index in [-0.39, 0.29) is 0 Å². The van der Waals surface area contributed by atoms with Crippen molar-refractivity contribution in [2.45, 2.75) is 0 Å².